The molecule has 2 amide bonds. The summed E-state index contributed by atoms with van der Waals surface area (Å²) in [5, 5.41) is 5.17. The van der Waals surface area contributed by atoms with Crippen molar-refractivity contribution in [1.82, 2.24) is 10.6 Å². The first-order chi connectivity index (χ1) is 5.72. The van der Waals surface area contributed by atoms with Gasteiger partial charge in [-0.05, 0) is 6.42 Å². The van der Waals surface area contributed by atoms with Gasteiger partial charge in [0.25, 0.3) is 0 Å². The molecule has 0 aromatic heterocycles. The predicted octanol–water partition coefficient (Wildman–Crippen LogP) is -0.105. The second-order valence-corrected chi connectivity index (χ2v) is 2.67. The maximum atomic E-state index is 11.1. The van der Waals surface area contributed by atoms with Crippen LogP contribution in [0.1, 0.15) is 20.3 Å². The number of carbonyl (C=O) groups is 2. The Labute approximate surface area is 72.7 Å². The molecule has 0 aromatic rings. The summed E-state index contributed by atoms with van der Waals surface area (Å²) in [7, 11) is 0. The molecule has 1 atom stereocenters. The highest BCUT2D eigenvalue weighted by Gasteiger charge is 2.08. The summed E-state index contributed by atoms with van der Waals surface area (Å²) >= 11 is 0. The zero-order valence-electron chi connectivity index (χ0n) is 7.59. The standard InChI is InChI=1S/C8H16N2O2/c1-3-7(2)8(12)10-5-4-9-6-11/h6-7H,3-5H2,1-2H3,(H,9,11)(H,10,12). The Hall–Kier alpha value is -1.06. The molecule has 0 aliphatic rings. The van der Waals surface area contributed by atoms with Crippen molar-refractivity contribution in [3.05, 3.63) is 0 Å². The molecule has 0 radical (unpaired) electrons. The quantitative estimate of drug-likeness (QED) is 0.434. The van der Waals surface area contributed by atoms with Gasteiger partial charge in [-0.15, -0.1) is 0 Å². The van der Waals surface area contributed by atoms with Crippen molar-refractivity contribution in [3.8, 4) is 0 Å². The first kappa shape index (κ1) is 10.9. The van der Waals surface area contributed by atoms with E-state index >= 15 is 0 Å². The van der Waals surface area contributed by atoms with Gasteiger partial charge < -0.3 is 10.6 Å². The smallest absolute Gasteiger partial charge is 0.222 e. The van der Waals surface area contributed by atoms with E-state index in [4.69, 9.17) is 0 Å². The molecule has 0 fully saturated rings. The second-order valence-electron chi connectivity index (χ2n) is 2.67. The fourth-order valence-electron chi connectivity index (χ4n) is 0.676. The lowest BCUT2D eigenvalue weighted by molar-refractivity contribution is -0.124. The van der Waals surface area contributed by atoms with Gasteiger partial charge in [-0.25, -0.2) is 0 Å². The van der Waals surface area contributed by atoms with Gasteiger partial charge in [-0.1, -0.05) is 13.8 Å². The van der Waals surface area contributed by atoms with Crippen LogP contribution in [0.4, 0.5) is 0 Å². The van der Waals surface area contributed by atoms with Crippen LogP contribution in [0.3, 0.4) is 0 Å². The third-order valence-corrected chi connectivity index (χ3v) is 1.71. The van der Waals surface area contributed by atoms with Crippen LogP contribution in [0.15, 0.2) is 0 Å². The first-order valence-corrected chi connectivity index (χ1v) is 4.17. The van der Waals surface area contributed by atoms with Crippen LogP contribution in [-0.4, -0.2) is 25.4 Å². The maximum Gasteiger partial charge on any atom is 0.222 e. The van der Waals surface area contributed by atoms with Crippen molar-refractivity contribution in [3.63, 3.8) is 0 Å². The van der Waals surface area contributed by atoms with E-state index in [1.165, 1.54) is 0 Å². The van der Waals surface area contributed by atoms with E-state index in [2.05, 4.69) is 10.6 Å². The number of hydrogen-bond acceptors (Lipinski definition) is 2. The lowest BCUT2D eigenvalue weighted by atomic mass is 10.1. The van der Waals surface area contributed by atoms with Crippen molar-refractivity contribution in [2.24, 2.45) is 5.92 Å². The van der Waals surface area contributed by atoms with Crippen LogP contribution in [0.5, 0.6) is 0 Å². The average Bonchev–Trinajstić information content (AvgIpc) is 2.10. The van der Waals surface area contributed by atoms with Crippen molar-refractivity contribution in [1.29, 1.82) is 0 Å². The fraction of sp³-hybridized carbons (Fsp3) is 0.750. The predicted molar refractivity (Wildman–Crippen MR) is 46.5 cm³/mol. The van der Waals surface area contributed by atoms with Crippen molar-refractivity contribution in [2.75, 3.05) is 13.1 Å². The largest absolute Gasteiger partial charge is 0.357 e. The molecule has 0 heterocycles. The Morgan fingerprint density at radius 3 is 2.67 bits per heavy atom. The molecule has 0 aliphatic carbocycles. The van der Waals surface area contributed by atoms with Gasteiger partial charge in [-0.3, -0.25) is 9.59 Å². The summed E-state index contributed by atoms with van der Waals surface area (Å²) in [4.78, 5) is 20.9. The number of carbonyl (C=O) groups excluding carboxylic acids is 2. The van der Waals surface area contributed by atoms with E-state index in [1.54, 1.807) is 0 Å². The molecular formula is C8H16N2O2. The van der Waals surface area contributed by atoms with Gasteiger partial charge in [-0.2, -0.15) is 0 Å². The minimum atomic E-state index is 0.0465. The van der Waals surface area contributed by atoms with Gasteiger partial charge in [0.15, 0.2) is 0 Å². The number of amides is 2. The van der Waals surface area contributed by atoms with Crippen LogP contribution in [0, 0.1) is 5.92 Å². The van der Waals surface area contributed by atoms with E-state index in [0.29, 0.717) is 19.5 Å². The highest BCUT2D eigenvalue weighted by atomic mass is 16.2. The third kappa shape index (κ3) is 4.71. The molecule has 70 valence electrons. The first-order valence-electron chi connectivity index (χ1n) is 4.17. The zero-order chi connectivity index (χ0) is 9.40. The molecular weight excluding hydrogens is 156 g/mol. The number of rotatable bonds is 6. The normalized spacial score (nSPS) is 11.8. The molecule has 4 nitrogen and oxygen atoms in total. The second kappa shape index (κ2) is 6.64. The molecule has 0 aliphatic heterocycles. The van der Waals surface area contributed by atoms with Crippen LogP contribution in [0.2, 0.25) is 0 Å². The van der Waals surface area contributed by atoms with E-state index in [-0.39, 0.29) is 11.8 Å². The summed E-state index contributed by atoms with van der Waals surface area (Å²) in [5.74, 6) is 0.103. The van der Waals surface area contributed by atoms with Gasteiger partial charge >= 0.3 is 0 Å². The van der Waals surface area contributed by atoms with Gasteiger partial charge in [0.1, 0.15) is 0 Å². The molecule has 0 saturated heterocycles. The molecule has 2 N–H and O–H groups in total. The van der Waals surface area contributed by atoms with E-state index in [0.717, 1.165) is 6.42 Å². The van der Waals surface area contributed by atoms with Crippen molar-refractivity contribution in [2.45, 2.75) is 20.3 Å². The topological polar surface area (TPSA) is 58.2 Å². The van der Waals surface area contributed by atoms with Crippen molar-refractivity contribution >= 4 is 12.3 Å². The summed E-state index contributed by atoms with van der Waals surface area (Å²) in [6.07, 6.45) is 1.46. The molecule has 0 aromatic carbocycles. The summed E-state index contributed by atoms with van der Waals surface area (Å²) < 4.78 is 0. The molecule has 12 heavy (non-hydrogen) atoms. The molecule has 0 rings (SSSR count). The maximum absolute atomic E-state index is 11.1. The molecule has 4 heteroatoms. The Morgan fingerprint density at radius 2 is 2.17 bits per heavy atom. The molecule has 1 unspecified atom stereocenters. The Bertz CT molecular complexity index is 148. The number of nitrogens with one attached hydrogen (secondary N) is 2. The summed E-state index contributed by atoms with van der Waals surface area (Å²) in [6, 6.07) is 0. The average molecular weight is 172 g/mol. The SMILES string of the molecule is CCC(C)C(=O)NCCNC=O. The summed E-state index contributed by atoms with van der Waals surface area (Å²) in [6.45, 7) is 4.84. The highest BCUT2D eigenvalue weighted by Crippen LogP contribution is 1.98. The van der Waals surface area contributed by atoms with Crippen molar-refractivity contribution < 1.29 is 9.59 Å². The Kier molecular flexibility index (Phi) is 6.05. The molecule has 0 bridgehead atoms. The van der Waals surface area contributed by atoms with E-state index in [9.17, 15) is 9.59 Å². The Balaban J connectivity index is 3.37. The molecule has 0 saturated carbocycles. The van der Waals surface area contributed by atoms with Crippen LogP contribution in [0.25, 0.3) is 0 Å². The lowest BCUT2D eigenvalue weighted by Crippen LogP contribution is -2.34. The van der Waals surface area contributed by atoms with Crippen LogP contribution < -0.4 is 10.6 Å². The fourth-order valence-corrected chi connectivity index (χ4v) is 0.676. The third-order valence-electron chi connectivity index (χ3n) is 1.71. The minimum Gasteiger partial charge on any atom is -0.357 e. The van der Waals surface area contributed by atoms with Crippen LogP contribution in [-0.2, 0) is 9.59 Å². The van der Waals surface area contributed by atoms with Gasteiger partial charge in [0, 0.05) is 19.0 Å². The number of hydrogen-bond donors (Lipinski definition) is 2. The Morgan fingerprint density at radius 1 is 1.50 bits per heavy atom. The lowest BCUT2D eigenvalue weighted by Gasteiger charge is -2.08. The van der Waals surface area contributed by atoms with E-state index in [1.807, 2.05) is 13.8 Å². The summed E-state index contributed by atoms with van der Waals surface area (Å²) in [5.41, 5.74) is 0. The van der Waals surface area contributed by atoms with E-state index < -0.39 is 0 Å². The van der Waals surface area contributed by atoms with Crippen LogP contribution >= 0.6 is 0 Å². The minimum absolute atomic E-state index is 0.0465. The van der Waals surface area contributed by atoms with Gasteiger partial charge in [0.2, 0.25) is 12.3 Å². The van der Waals surface area contributed by atoms with Gasteiger partial charge in [0.05, 0.1) is 0 Å². The highest BCUT2D eigenvalue weighted by molar-refractivity contribution is 5.78. The zero-order valence-corrected chi connectivity index (χ0v) is 7.59. The monoisotopic (exact) mass is 172 g/mol. The molecule has 0 spiro atoms.